The first-order valence-corrected chi connectivity index (χ1v) is 12.1. The van der Waals surface area contributed by atoms with Crippen LogP contribution in [0.3, 0.4) is 0 Å². The number of hydrogen-bond acceptors (Lipinski definition) is 7. The summed E-state index contributed by atoms with van der Waals surface area (Å²) in [5.41, 5.74) is 16.4. The van der Waals surface area contributed by atoms with Gasteiger partial charge in [-0.3, -0.25) is 24.2 Å². The molecule has 14 nitrogen and oxygen atoms in total. The molecule has 0 radical (unpaired) electrons. The molecule has 1 saturated heterocycles. The smallest absolute Gasteiger partial charge is 0.326 e. The van der Waals surface area contributed by atoms with E-state index in [0.29, 0.717) is 25.7 Å². The lowest BCUT2D eigenvalue weighted by Crippen LogP contribution is -2.58. The van der Waals surface area contributed by atoms with Crippen molar-refractivity contribution in [1.29, 1.82) is 0 Å². The van der Waals surface area contributed by atoms with Crippen LogP contribution in [0.5, 0.6) is 0 Å². The van der Waals surface area contributed by atoms with Gasteiger partial charge in [-0.2, -0.15) is 0 Å². The van der Waals surface area contributed by atoms with Gasteiger partial charge in [0, 0.05) is 19.5 Å². The van der Waals surface area contributed by atoms with Crippen LogP contribution < -0.4 is 27.8 Å². The van der Waals surface area contributed by atoms with Crippen molar-refractivity contribution < 1.29 is 34.2 Å². The summed E-state index contributed by atoms with van der Waals surface area (Å²) in [5, 5.41) is 23.5. The number of guanidine groups is 1. The number of amides is 3. The van der Waals surface area contributed by atoms with Crippen LogP contribution in [0.1, 0.15) is 58.8 Å². The van der Waals surface area contributed by atoms with Gasteiger partial charge in [0.15, 0.2) is 5.96 Å². The second kappa shape index (κ2) is 14.9. The van der Waals surface area contributed by atoms with E-state index in [1.807, 2.05) is 6.92 Å². The van der Waals surface area contributed by atoms with Gasteiger partial charge in [0.05, 0.1) is 6.04 Å². The van der Waals surface area contributed by atoms with Crippen LogP contribution in [0.2, 0.25) is 0 Å². The van der Waals surface area contributed by atoms with Crippen molar-refractivity contribution in [1.82, 2.24) is 15.5 Å². The summed E-state index contributed by atoms with van der Waals surface area (Å²) in [4.78, 5) is 66.4. The molecule has 0 spiro atoms. The molecule has 0 aromatic rings. The molecule has 10 N–H and O–H groups in total. The van der Waals surface area contributed by atoms with Crippen LogP contribution in [0.25, 0.3) is 0 Å². The fraction of sp³-hybridized carbons (Fsp3) is 0.727. The highest BCUT2D eigenvalue weighted by Gasteiger charge is 2.38. The molecule has 5 unspecified atom stereocenters. The largest absolute Gasteiger partial charge is 0.481 e. The summed E-state index contributed by atoms with van der Waals surface area (Å²) in [6.45, 7) is 4.06. The Morgan fingerprint density at radius 1 is 1.11 bits per heavy atom. The molecule has 3 amide bonds. The lowest BCUT2D eigenvalue weighted by atomic mass is 9.97. The molecular weight excluding hydrogens is 474 g/mol. The molecule has 1 aliphatic heterocycles. The first-order chi connectivity index (χ1) is 16.9. The Labute approximate surface area is 210 Å². The number of hydrogen-bond donors (Lipinski definition) is 7. The van der Waals surface area contributed by atoms with Gasteiger partial charge >= 0.3 is 11.9 Å². The van der Waals surface area contributed by atoms with E-state index >= 15 is 0 Å². The van der Waals surface area contributed by atoms with E-state index in [2.05, 4.69) is 15.6 Å². The predicted molar refractivity (Wildman–Crippen MR) is 130 cm³/mol. The van der Waals surface area contributed by atoms with E-state index < -0.39 is 53.8 Å². The van der Waals surface area contributed by atoms with Crippen molar-refractivity contribution >= 4 is 35.6 Å². The summed E-state index contributed by atoms with van der Waals surface area (Å²) in [6, 6.07) is -4.15. The highest BCUT2D eigenvalue weighted by molar-refractivity contribution is 5.94. The molecule has 1 aliphatic rings. The zero-order valence-electron chi connectivity index (χ0n) is 20.8. The molecule has 1 rings (SSSR count). The Bertz CT molecular complexity index is 832. The number of aliphatic carboxylic acids is 2. The molecule has 5 atom stereocenters. The predicted octanol–water partition coefficient (Wildman–Crippen LogP) is -1.68. The molecule has 204 valence electrons. The highest BCUT2D eigenvalue weighted by atomic mass is 16.4. The van der Waals surface area contributed by atoms with Gasteiger partial charge in [-0.25, -0.2) is 4.79 Å². The number of rotatable bonds is 15. The summed E-state index contributed by atoms with van der Waals surface area (Å²) in [7, 11) is 0. The van der Waals surface area contributed by atoms with Crippen molar-refractivity contribution in [3.63, 3.8) is 0 Å². The number of carboxylic acids is 2. The van der Waals surface area contributed by atoms with Gasteiger partial charge in [0.2, 0.25) is 17.7 Å². The second-order valence-corrected chi connectivity index (χ2v) is 8.95. The van der Waals surface area contributed by atoms with Crippen molar-refractivity contribution in [2.24, 2.45) is 28.1 Å². The van der Waals surface area contributed by atoms with Gasteiger partial charge in [-0.1, -0.05) is 20.3 Å². The van der Waals surface area contributed by atoms with Crippen LogP contribution in [0.4, 0.5) is 0 Å². The molecule has 14 heteroatoms. The van der Waals surface area contributed by atoms with Gasteiger partial charge in [0.1, 0.15) is 18.1 Å². The van der Waals surface area contributed by atoms with Crippen LogP contribution in [-0.4, -0.2) is 88.0 Å². The number of carboxylic acid groups (broad SMARTS) is 2. The third-order valence-corrected chi connectivity index (χ3v) is 6.18. The maximum Gasteiger partial charge on any atom is 0.326 e. The number of nitrogens with one attached hydrogen (secondary N) is 2. The van der Waals surface area contributed by atoms with Crippen LogP contribution in [0, 0.1) is 5.92 Å². The summed E-state index contributed by atoms with van der Waals surface area (Å²) >= 11 is 0. The van der Waals surface area contributed by atoms with E-state index in [1.54, 1.807) is 6.92 Å². The highest BCUT2D eigenvalue weighted by Crippen LogP contribution is 2.20. The van der Waals surface area contributed by atoms with Gasteiger partial charge in [-0.05, 0) is 38.0 Å². The SMILES string of the molecule is CCC(C)C(NC(=O)C1CCCN1C(=O)C(N)CCC(=O)O)C(=O)NC(CCCN=C(N)N)C(=O)O. The number of carbonyl (C=O) groups excluding carboxylic acids is 3. The normalized spacial score (nSPS) is 18.4. The number of carbonyl (C=O) groups is 5. The maximum atomic E-state index is 13.1. The van der Waals surface area contributed by atoms with Crippen molar-refractivity contribution in [2.45, 2.75) is 83.0 Å². The topological polar surface area (TPSA) is 244 Å². The first-order valence-electron chi connectivity index (χ1n) is 12.1. The minimum atomic E-state index is -1.23. The average molecular weight is 514 g/mol. The molecule has 0 aromatic heterocycles. The van der Waals surface area contributed by atoms with E-state index in [4.69, 9.17) is 22.3 Å². The Morgan fingerprint density at radius 2 is 1.78 bits per heavy atom. The summed E-state index contributed by atoms with van der Waals surface area (Å²) < 4.78 is 0. The van der Waals surface area contributed by atoms with Crippen LogP contribution >= 0.6 is 0 Å². The third-order valence-electron chi connectivity index (χ3n) is 6.18. The molecular formula is C22H39N7O7. The Hall–Kier alpha value is -3.42. The minimum absolute atomic E-state index is 0.0589. The average Bonchev–Trinajstić information content (AvgIpc) is 3.31. The standard InChI is InChI=1S/C22H39N7O7/c1-3-12(2)17(19(33)27-14(21(35)36)6-4-10-26-22(24)25)28-18(32)15-7-5-11-29(15)20(34)13(23)8-9-16(30)31/h12-15,17H,3-11,23H2,1-2H3,(H,27,33)(H,28,32)(H,30,31)(H,35,36)(H4,24,25,26). The Morgan fingerprint density at radius 3 is 2.33 bits per heavy atom. The molecule has 0 saturated carbocycles. The van der Waals surface area contributed by atoms with E-state index in [1.165, 1.54) is 4.90 Å². The molecule has 1 fully saturated rings. The van der Waals surface area contributed by atoms with E-state index in [-0.39, 0.29) is 44.2 Å². The molecule has 0 bridgehead atoms. The van der Waals surface area contributed by atoms with E-state index in [9.17, 15) is 29.1 Å². The summed E-state index contributed by atoms with van der Waals surface area (Å²) in [6.07, 6.45) is 1.50. The van der Waals surface area contributed by atoms with Crippen molar-refractivity contribution in [2.75, 3.05) is 13.1 Å². The second-order valence-electron chi connectivity index (χ2n) is 8.95. The van der Waals surface area contributed by atoms with Crippen LogP contribution in [-0.2, 0) is 24.0 Å². The third kappa shape index (κ3) is 9.68. The molecule has 0 aliphatic carbocycles. The molecule has 0 aromatic carbocycles. The van der Waals surface area contributed by atoms with Gasteiger partial charge in [-0.15, -0.1) is 0 Å². The van der Waals surface area contributed by atoms with E-state index in [0.717, 1.165) is 0 Å². The summed E-state index contributed by atoms with van der Waals surface area (Å²) in [5.74, 6) is -4.48. The lowest BCUT2D eigenvalue weighted by molar-refractivity contribution is -0.144. The van der Waals surface area contributed by atoms with Gasteiger partial charge < -0.3 is 42.9 Å². The zero-order valence-corrected chi connectivity index (χ0v) is 20.8. The van der Waals surface area contributed by atoms with Gasteiger partial charge in [0.25, 0.3) is 0 Å². The fourth-order valence-electron chi connectivity index (χ4n) is 3.89. The van der Waals surface area contributed by atoms with Crippen molar-refractivity contribution in [3.05, 3.63) is 0 Å². The number of likely N-dealkylation sites (tertiary alicyclic amines) is 1. The first kappa shape index (κ1) is 30.6. The maximum absolute atomic E-state index is 13.1. The number of aliphatic imine (C=N–C) groups is 1. The van der Waals surface area contributed by atoms with Crippen LogP contribution in [0.15, 0.2) is 4.99 Å². The van der Waals surface area contributed by atoms with Crippen molar-refractivity contribution in [3.8, 4) is 0 Å². The Balaban J connectivity index is 2.88. The monoisotopic (exact) mass is 513 g/mol. The zero-order chi connectivity index (χ0) is 27.4. The Kier molecular flexibility index (Phi) is 12.6. The fourth-order valence-corrected chi connectivity index (χ4v) is 3.89. The number of nitrogens with two attached hydrogens (primary N) is 3. The lowest BCUT2D eigenvalue weighted by Gasteiger charge is -2.30. The quantitative estimate of drug-likeness (QED) is 0.0744. The molecule has 36 heavy (non-hydrogen) atoms. The minimum Gasteiger partial charge on any atom is -0.481 e. The number of nitrogens with zero attached hydrogens (tertiary/aromatic N) is 2. The molecule has 1 heterocycles.